The van der Waals surface area contributed by atoms with E-state index in [0.717, 1.165) is 36.4 Å². The number of nitrogens with one attached hydrogen (secondary N) is 1. The molecule has 1 atom stereocenters. The van der Waals surface area contributed by atoms with Gasteiger partial charge in [0.15, 0.2) is 0 Å². The van der Waals surface area contributed by atoms with Gasteiger partial charge in [0.2, 0.25) is 11.8 Å². The number of likely N-dealkylation sites (N-methyl/N-ethyl adjacent to an activating group) is 1. The number of amides is 1. The van der Waals surface area contributed by atoms with E-state index in [1.807, 2.05) is 36.1 Å². The smallest absolute Gasteiger partial charge is 0.238 e. The number of carbonyl (C=O) groups excluding carboxylic acids is 1. The lowest BCUT2D eigenvalue weighted by Gasteiger charge is -2.32. The van der Waals surface area contributed by atoms with Crippen LogP contribution in [0.4, 0.5) is 0 Å². The summed E-state index contributed by atoms with van der Waals surface area (Å²) in [4.78, 5) is 23.0. The first-order valence-electron chi connectivity index (χ1n) is 8.65. The first-order chi connectivity index (χ1) is 12.2. The van der Waals surface area contributed by atoms with Crippen LogP contribution < -0.4 is 10.1 Å². The standard InChI is InChI=1S/C19H24N4O2/c1-14-6-3-4-8-17(14)25-18-11-21-10-16(22-18)15-7-5-9-23(13-15)19(24)12-20-2/h3-4,6,8,10-11,15,20H,5,7,9,12-13H2,1-2H3/t15-/m0/s1. The van der Waals surface area contributed by atoms with Crippen LogP contribution in [0.5, 0.6) is 11.6 Å². The summed E-state index contributed by atoms with van der Waals surface area (Å²) in [5.74, 6) is 1.60. The number of rotatable bonds is 5. The van der Waals surface area contributed by atoms with Gasteiger partial charge in [0.25, 0.3) is 0 Å². The number of piperidine rings is 1. The summed E-state index contributed by atoms with van der Waals surface area (Å²) in [6.45, 7) is 3.86. The molecule has 1 aliphatic rings. The summed E-state index contributed by atoms with van der Waals surface area (Å²) in [7, 11) is 1.79. The maximum atomic E-state index is 12.1. The lowest BCUT2D eigenvalue weighted by Crippen LogP contribution is -2.43. The van der Waals surface area contributed by atoms with E-state index in [9.17, 15) is 4.79 Å². The van der Waals surface area contributed by atoms with E-state index in [4.69, 9.17) is 4.74 Å². The van der Waals surface area contributed by atoms with Crippen molar-refractivity contribution in [3.05, 3.63) is 47.9 Å². The van der Waals surface area contributed by atoms with Crippen molar-refractivity contribution in [1.82, 2.24) is 20.2 Å². The molecular formula is C19H24N4O2. The molecule has 132 valence electrons. The topological polar surface area (TPSA) is 67.4 Å². The summed E-state index contributed by atoms with van der Waals surface area (Å²) in [6.07, 6.45) is 5.39. The minimum Gasteiger partial charge on any atom is -0.437 e. The summed E-state index contributed by atoms with van der Waals surface area (Å²) >= 11 is 0. The number of hydrogen-bond donors (Lipinski definition) is 1. The molecule has 1 amide bonds. The minimum atomic E-state index is 0.132. The predicted octanol–water partition coefficient (Wildman–Crippen LogP) is 2.50. The molecule has 3 rings (SSSR count). The van der Waals surface area contributed by atoms with Crippen LogP contribution >= 0.6 is 0 Å². The maximum absolute atomic E-state index is 12.1. The average molecular weight is 340 g/mol. The highest BCUT2D eigenvalue weighted by Crippen LogP contribution is 2.28. The van der Waals surface area contributed by atoms with Crippen LogP contribution in [-0.4, -0.2) is 47.5 Å². The number of aromatic nitrogens is 2. The van der Waals surface area contributed by atoms with Gasteiger partial charge in [0, 0.05) is 25.2 Å². The highest BCUT2D eigenvalue weighted by molar-refractivity contribution is 5.78. The minimum absolute atomic E-state index is 0.132. The van der Waals surface area contributed by atoms with Crippen LogP contribution in [-0.2, 0) is 4.79 Å². The Labute approximate surface area is 148 Å². The highest BCUT2D eigenvalue weighted by Gasteiger charge is 2.25. The van der Waals surface area contributed by atoms with Gasteiger partial charge in [-0.15, -0.1) is 0 Å². The molecule has 0 radical (unpaired) electrons. The second-order valence-corrected chi connectivity index (χ2v) is 6.36. The number of likely N-dealkylation sites (tertiary alicyclic amines) is 1. The fourth-order valence-electron chi connectivity index (χ4n) is 3.10. The molecule has 0 saturated carbocycles. The van der Waals surface area contributed by atoms with Gasteiger partial charge in [-0.2, -0.15) is 0 Å². The maximum Gasteiger partial charge on any atom is 0.238 e. The summed E-state index contributed by atoms with van der Waals surface area (Å²) in [5.41, 5.74) is 1.93. The molecule has 1 aliphatic heterocycles. The number of aryl methyl sites for hydroxylation is 1. The Morgan fingerprint density at radius 3 is 3.00 bits per heavy atom. The highest BCUT2D eigenvalue weighted by atomic mass is 16.5. The van der Waals surface area contributed by atoms with E-state index >= 15 is 0 Å². The lowest BCUT2D eigenvalue weighted by atomic mass is 9.95. The molecule has 0 unspecified atom stereocenters. The third-order valence-corrected chi connectivity index (χ3v) is 4.46. The molecule has 0 spiro atoms. The second kappa shape index (κ2) is 8.07. The van der Waals surface area contributed by atoms with Crippen molar-refractivity contribution in [1.29, 1.82) is 0 Å². The van der Waals surface area contributed by atoms with Gasteiger partial charge < -0.3 is 15.0 Å². The quantitative estimate of drug-likeness (QED) is 0.906. The molecule has 0 bridgehead atoms. The van der Waals surface area contributed by atoms with Gasteiger partial charge in [-0.1, -0.05) is 18.2 Å². The van der Waals surface area contributed by atoms with Gasteiger partial charge in [-0.3, -0.25) is 9.78 Å². The van der Waals surface area contributed by atoms with Crippen LogP contribution in [0.1, 0.15) is 30.0 Å². The van der Waals surface area contributed by atoms with E-state index in [2.05, 4.69) is 15.3 Å². The molecule has 1 N–H and O–H groups in total. The zero-order valence-corrected chi connectivity index (χ0v) is 14.7. The van der Waals surface area contributed by atoms with Crippen molar-refractivity contribution in [3.8, 4) is 11.6 Å². The normalized spacial score (nSPS) is 17.4. The Hall–Kier alpha value is -2.47. The Morgan fingerprint density at radius 1 is 1.36 bits per heavy atom. The third kappa shape index (κ3) is 4.33. The van der Waals surface area contributed by atoms with Gasteiger partial charge >= 0.3 is 0 Å². The summed E-state index contributed by atoms with van der Waals surface area (Å²) in [5, 5.41) is 2.92. The third-order valence-electron chi connectivity index (χ3n) is 4.46. The molecule has 1 saturated heterocycles. The predicted molar refractivity (Wildman–Crippen MR) is 95.8 cm³/mol. The summed E-state index contributed by atoms with van der Waals surface area (Å²) in [6, 6.07) is 7.83. The number of benzene rings is 1. The molecule has 1 aromatic carbocycles. The zero-order valence-electron chi connectivity index (χ0n) is 14.7. The van der Waals surface area contributed by atoms with Crippen molar-refractivity contribution >= 4 is 5.91 Å². The van der Waals surface area contributed by atoms with E-state index in [1.165, 1.54) is 0 Å². The van der Waals surface area contributed by atoms with Crippen LogP contribution in [0.3, 0.4) is 0 Å². The van der Waals surface area contributed by atoms with E-state index < -0.39 is 0 Å². The molecule has 1 fully saturated rings. The molecule has 6 heteroatoms. The Morgan fingerprint density at radius 2 is 2.20 bits per heavy atom. The van der Waals surface area contributed by atoms with Gasteiger partial charge in [0.1, 0.15) is 5.75 Å². The van der Waals surface area contributed by atoms with Crippen LogP contribution in [0.25, 0.3) is 0 Å². The molecule has 2 heterocycles. The first kappa shape index (κ1) is 17.4. The SMILES string of the molecule is CNCC(=O)N1CCC[C@H](c2cncc(Oc3ccccc3C)n2)C1. The number of hydrogen-bond acceptors (Lipinski definition) is 5. The zero-order chi connectivity index (χ0) is 17.6. The van der Waals surface area contributed by atoms with Gasteiger partial charge in [-0.25, -0.2) is 4.98 Å². The fraction of sp³-hybridized carbons (Fsp3) is 0.421. The largest absolute Gasteiger partial charge is 0.437 e. The Balaban J connectivity index is 1.72. The van der Waals surface area contributed by atoms with Crippen molar-refractivity contribution in [2.24, 2.45) is 0 Å². The van der Waals surface area contributed by atoms with Crippen LogP contribution in [0, 0.1) is 6.92 Å². The van der Waals surface area contributed by atoms with E-state index in [0.29, 0.717) is 19.0 Å². The number of nitrogens with zero attached hydrogens (tertiary/aromatic N) is 3. The molecule has 0 aliphatic carbocycles. The van der Waals surface area contributed by atoms with Crippen molar-refractivity contribution in [3.63, 3.8) is 0 Å². The second-order valence-electron chi connectivity index (χ2n) is 6.36. The average Bonchev–Trinajstić information content (AvgIpc) is 2.64. The number of para-hydroxylation sites is 1. The van der Waals surface area contributed by atoms with Crippen molar-refractivity contribution in [2.75, 3.05) is 26.7 Å². The molecule has 6 nitrogen and oxygen atoms in total. The Kier molecular flexibility index (Phi) is 5.60. The molecular weight excluding hydrogens is 316 g/mol. The number of ether oxygens (including phenoxy) is 1. The van der Waals surface area contributed by atoms with Gasteiger partial charge in [0.05, 0.1) is 18.4 Å². The van der Waals surface area contributed by atoms with Crippen LogP contribution in [0.15, 0.2) is 36.7 Å². The number of carbonyl (C=O) groups is 1. The van der Waals surface area contributed by atoms with Crippen molar-refractivity contribution < 1.29 is 9.53 Å². The van der Waals surface area contributed by atoms with E-state index in [-0.39, 0.29) is 11.8 Å². The molecule has 2 aromatic rings. The fourth-order valence-corrected chi connectivity index (χ4v) is 3.10. The van der Waals surface area contributed by atoms with E-state index in [1.54, 1.807) is 19.4 Å². The van der Waals surface area contributed by atoms with Crippen molar-refractivity contribution in [2.45, 2.75) is 25.7 Å². The summed E-state index contributed by atoms with van der Waals surface area (Å²) < 4.78 is 5.89. The first-order valence-corrected chi connectivity index (χ1v) is 8.65. The molecule has 1 aromatic heterocycles. The molecule has 25 heavy (non-hydrogen) atoms. The van der Waals surface area contributed by atoms with Gasteiger partial charge in [-0.05, 0) is 38.4 Å². The Bertz CT molecular complexity index is 735. The lowest BCUT2D eigenvalue weighted by molar-refractivity contribution is -0.131. The monoisotopic (exact) mass is 340 g/mol. The van der Waals surface area contributed by atoms with Crippen LogP contribution in [0.2, 0.25) is 0 Å².